The van der Waals surface area contributed by atoms with Crippen LogP contribution in [0, 0.1) is 0 Å². The molecule has 1 amide bonds. The minimum absolute atomic E-state index is 0.114. The summed E-state index contributed by atoms with van der Waals surface area (Å²) in [6, 6.07) is 14.3. The van der Waals surface area contributed by atoms with Gasteiger partial charge < -0.3 is 15.5 Å². The molecule has 0 radical (unpaired) electrons. The number of guanidine groups is 1. The first-order valence-corrected chi connectivity index (χ1v) is 9.74. The molecule has 140 valence electrons. The number of benzene rings is 1. The summed E-state index contributed by atoms with van der Waals surface area (Å²) in [6.07, 6.45) is 1.50. The van der Waals surface area contributed by atoms with E-state index in [-0.39, 0.29) is 5.91 Å². The zero-order valence-electron chi connectivity index (χ0n) is 15.8. The van der Waals surface area contributed by atoms with Gasteiger partial charge in [-0.25, -0.2) is 0 Å². The van der Waals surface area contributed by atoms with Gasteiger partial charge in [0.05, 0.1) is 6.54 Å². The van der Waals surface area contributed by atoms with Crippen molar-refractivity contribution >= 4 is 23.2 Å². The number of amides is 1. The van der Waals surface area contributed by atoms with E-state index in [0.717, 1.165) is 24.5 Å². The number of hydrogen-bond acceptors (Lipinski definition) is 3. The standard InChI is InChI=1S/C20H28N4OS/c1-4-17-10-11-18(26-17)14-23-20(21-2)22-13-12-19(25)24(3)15-16-8-6-5-7-9-16/h5-11H,4,12-15H2,1-3H3,(H2,21,22,23). The maximum atomic E-state index is 12.3. The van der Waals surface area contributed by atoms with Gasteiger partial charge in [-0.3, -0.25) is 9.79 Å². The highest BCUT2D eigenvalue weighted by Gasteiger charge is 2.09. The predicted molar refractivity (Wildman–Crippen MR) is 109 cm³/mol. The van der Waals surface area contributed by atoms with Crippen molar-refractivity contribution in [2.24, 2.45) is 4.99 Å². The van der Waals surface area contributed by atoms with Gasteiger partial charge in [0.25, 0.3) is 0 Å². The van der Waals surface area contributed by atoms with Gasteiger partial charge in [-0.05, 0) is 24.1 Å². The van der Waals surface area contributed by atoms with Crippen LogP contribution in [0.4, 0.5) is 0 Å². The zero-order valence-corrected chi connectivity index (χ0v) is 16.6. The van der Waals surface area contributed by atoms with E-state index in [1.165, 1.54) is 9.75 Å². The molecule has 0 atom stereocenters. The fraction of sp³-hybridized carbons (Fsp3) is 0.400. The Hall–Kier alpha value is -2.34. The van der Waals surface area contributed by atoms with E-state index in [1.54, 1.807) is 11.9 Å². The van der Waals surface area contributed by atoms with Gasteiger partial charge in [-0.2, -0.15) is 0 Å². The Kier molecular flexibility index (Phi) is 8.15. The van der Waals surface area contributed by atoms with E-state index < -0.39 is 0 Å². The van der Waals surface area contributed by atoms with Crippen LogP contribution in [0.15, 0.2) is 47.5 Å². The molecule has 26 heavy (non-hydrogen) atoms. The molecule has 1 aromatic carbocycles. The van der Waals surface area contributed by atoms with Crippen molar-refractivity contribution in [3.8, 4) is 0 Å². The second-order valence-electron chi connectivity index (χ2n) is 6.06. The molecule has 6 heteroatoms. The van der Waals surface area contributed by atoms with Gasteiger partial charge >= 0.3 is 0 Å². The number of hydrogen-bond donors (Lipinski definition) is 2. The monoisotopic (exact) mass is 372 g/mol. The fourth-order valence-corrected chi connectivity index (χ4v) is 3.42. The van der Waals surface area contributed by atoms with Gasteiger partial charge in [-0.15, -0.1) is 11.3 Å². The first kappa shape index (κ1) is 20.0. The highest BCUT2D eigenvalue weighted by Crippen LogP contribution is 2.16. The summed E-state index contributed by atoms with van der Waals surface area (Å²) >= 11 is 1.81. The molecule has 0 unspecified atom stereocenters. The molecule has 0 aliphatic carbocycles. The molecule has 0 bridgehead atoms. The Bertz CT molecular complexity index is 712. The summed E-state index contributed by atoms with van der Waals surface area (Å²) in [5.41, 5.74) is 1.14. The van der Waals surface area contributed by atoms with E-state index in [0.29, 0.717) is 19.5 Å². The van der Waals surface area contributed by atoms with Crippen molar-refractivity contribution < 1.29 is 4.79 Å². The highest BCUT2D eigenvalue weighted by atomic mass is 32.1. The highest BCUT2D eigenvalue weighted by molar-refractivity contribution is 7.11. The van der Waals surface area contributed by atoms with E-state index in [1.807, 2.05) is 48.7 Å². The normalized spacial score (nSPS) is 11.3. The number of aryl methyl sites for hydroxylation is 1. The molecule has 0 fully saturated rings. The lowest BCUT2D eigenvalue weighted by atomic mass is 10.2. The molecule has 2 rings (SSSR count). The Labute approximate surface area is 160 Å². The lowest BCUT2D eigenvalue weighted by Crippen LogP contribution is -2.39. The number of rotatable bonds is 8. The van der Waals surface area contributed by atoms with Crippen LogP contribution in [0.2, 0.25) is 0 Å². The third kappa shape index (κ3) is 6.52. The molecule has 0 saturated carbocycles. The number of nitrogens with zero attached hydrogens (tertiary/aromatic N) is 2. The molecular weight excluding hydrogens is 344 g/mol. The Morgan fingerprint density at radius 2 is 1.85 bits per heavy atom. The van der Waals surface area contributed by atoms with Crippen LogP contribution < -0.4 is 10.6 Å². The molecule has 0 saturated heterocycles. The number of aliphatic imine (C=N–C) groups is 1. The summed E-state index contributed by atoms with van der Waals surface area (Å²) < 4.78 is 0. The smallest absolute Gasteiger partial charge is 0.224 e. The molecule has 0 aliphatic rings. The summed E-state index contributed by atoms with van der Waals surface area (Å²) in [7, 11) is 3.58. The number of nitrogens with one attached hydrogen (secondary N) is 2. The maximum Gasteiger partial charge on any atom is 0.224 e. The average molecular weight is 373 g/mol. The van der Waals surface area contributed by atoms with Crippen LogP contribution >= 0.6 is 11.3 Å². The average Bonchev–Trinajstić information content (AvgIpc) is 3.13. The molecule has 1 heterocycles. The third-order valence-corrected chi connectivity index (χ3v) is 5.27. The van der Waals surface area contributed by atoms with Gasteiger partial charge in [-0.1, -0.05) is 37.3 Å². The van der Waals surface area contributed by atoms with Gasteiger partial charge in [0, 0.05) is 43.4 Å². The van der Waals surface area contributed by atoms with Gasteiger partial charge in [0.1, 0.15) is 0 Å². The first-order chi connectivity index (χ1) is 12.6. The van der Waals surface area contributed by atoms with E-state index in [2.05, 4.69) is 34.7 Å². The summed E-state index contributed by atoms with van der Waals surface area (Å²) in [5, 5.41) is 6.50. The van der Waals surface area contributed by atoms with E-state index in [9.17, 15) is 4.79 Å². The van der Waals surface area contributed by atoms with Gasteiger partial charge in [0.15, 0.2) is 5.96 Å². The zero-order chi connectivity index (χ0) is 18.8. The van der Waals surface area contributed by atoms with E-state index >= 15 is 0 Å². The predicted octanol–water partition coefficient (Wildman–Crippen LogP) is 3.02. The number of carbonyl (C=O) groups is 1. The third-order valence-electron chi connectivity index (χ3n) is 4.04. The topological polar surface area (TPSA) is 56.7 Å². The Morgan fingerprint density at radius 3 is 2.50 bits per heavy atom. The molecule has 2 N–H and O–H groups in total. The minimum atomic E-state index is 0.114. The van der Waals surface area contributed by atoms with Crippen LogP contribution in [0.1, 0.15) is 28.7 Å². The van der Waals surface area contributed by atoms with Crippen molar-refractivity contribution in [3.63, 3.8) is 0 Å². The fourth-order valence-electron chi connectivity index (χ4n) is 2.52. The van der Waals surface area contributed by atoms with Gasteiger partial charge in [0.2, 0.25) is 5.91 Å². The molecular formula is C20H28N4OS. The summed E-state index contributed by atoms with van der Waals surface area (Å²) in [4.78, 5) is 20.9. The van der Waals surface area contributed by atoms with Crippen LogP contribution in [-0.4, -0.2) is 37.4 Å². The van der Waals surface area contributed by atoms with Crippen LogP contribution in [0.5, 0.6) is 0 Å². The second kappa shape index (κ2) is 10.6. The molecule has 0 spiro atoms. The molecule has 0 aliphatic heterocycles. The number of thiophene rings is 1. The maximum absolute atomic E-state index is 12.3. The number of carbonyl (C=O) groups excluding carboxylic acids is 1. The summed E-state index contributed by atoms with van der Waals surface area (Å²) in [5.74, 6) is 0.831. The Balaban J connectivity index is 1.70. The van der Waals surface area contributed by atoms with Crippen molar-refractivity contribution in [1.82, 2.24) is 15.5 Å². The van der Waals surface area contributed by atoms with Crippen LogP contribution in [-0.2, 0) is 24.3 Å². The minimum Gasteiger partial charge on any atom is -0.356 e. The van der Waals surface area contributed by atoms with Crippen molar-refractivity contribution in [2.75, 3.05) is 20.6 Å². The van der Waals surface area contributed by atoms with Crippen LogP contribution in [0.3, 0.4) is 0 Å². The van der Waals surface area contributed by atoms with E-state index in [4.69, 9.17) is 0 Å². The second-order valence-corrected chi connectivity index (χ2v) is 7.31. The lowest BCUT2D eigenvalue weighted by Gasteiger charge is -2.18. The lowest BCUT2D eigenvalue weighted by molar-refractivity contribution is -0.130. The summed E-state index contributed by atoms with van der Waals surface area (Å²) in [6.45, 7) is 4.09. The van der Waals surface area contributed by atoms with Crippen LogP contribution in [0.25, 0.3) is 0 Å². The molecule has 1 aromatic heterocycles. The first-order valence-electron chi connectivity index (χ1n) is 8.92. The molecule has 5 nitrogen and oxygen atoms in total. The van der Waals surface area contributed by atoms with Crippen molar-refractivity contribution in [3.05, 3.63) is 57.8 Å². The Morgan fingerprint density at radius 1 is 1.12 bits per heavy atom. The largest absolute Gasteiger partial charge is 0.356 e. The molecule has 2 aromatic rings. The van der Waals surface area contributed by atoms with Crippen molar-refractivity contribution in [1.29, 1.82) is 0 Å². The quantitative estimate of drug-likeness (QED) is 0.553. The SMILES string of the molecule is CCc1ccc(CNC(=NC)NCCC(=O)N(C)Cc2ccccc2)s1. The van der Waals surface area contributed by atoms with Crippen molar-refractivity contribution in [2.45, 2.75) is 32.9 Å².